The largest absolute Gasteiger partial charge is 0.242 e. The quantitative estimate of drug-likeness (QED) is 0.527. The van der Waals surface area contributed by atoms with E-state index in [1.165, 1.54) is 0 Å². The van der Waals surface area contributed by atoms with Gasteiger partial charge in [0.1, 0.15) is 0 Å². The number of alkyl halides is 4. The van der Waals surface area contributed by atoms with E-state index in [2.05, 4.69) is 11.6 Å². The van der Waals surface area contributed by atoms with E-state index in [1.54, 1.807) is 0 Å². The molecule has 0 spiro atoms. The maximum Gasteiger partial charge on any atom is 0.205 e. The van der Waals surface area contributed by atoms with Crippen LogP contribution in [0, 0.1) is 0 Å². The van der Waals surface area contributed by atoms with Crippen molar-refractivity contribution >= 4 is 23.2 Å². The second-order valence-electron chi connectivity index (χ2n) is 1.00. The Kier molecular flexibility index (Phi) is 3.66. The van der Waals surface area contributed by atoms with E-state index in [1.807, 2.05) is 0 Å². The maximum atomic E-state index is 11.6. The van der Waals surface area contributed by atoms with Gasteiger partial charge in [0.25, 0.3) is 0 Å². The van der Waals surface area contributed by atoms with Gasteiger partial charge in [-0.15, -0.1) is 11.6 Å². The molecule has 4 heteroatoms. The van der Waals surface area contributed by atoms with Gasteiger partial charge in [-0.2, -0.15) is 0 Å². The predicted octanol–water partition coefficient (Wildman–Crippen LogP) is 2.10. The summed E-state index contributed by atoms with van der Waals surface area (Å²) in [5.41, 5.74) is -1.96. The molecule has 0 heterocycles. The molecule has 7 heavy (non-hydrogen) atoms. The monoisotopic (exact) mass is 148 g/mol. The summed E-state index contributed by atoms with van der Waals surface area (Å²) in [4.78, 5) is 0. The lowest BCUT2D eigenvalue weighted by atomic mass is 10.5. The zero-order chi connectivity index (χ0) is 5.86. The highest BCUT2D eigenvalue weighted by Gasteiger charge is 2.14. The van der Waals surface area contributed by atoms with Crippen molar-refractivity contribution in [2.45, 2.75) is 11.8 Å². The van der Waals surface area contributed by atoms with Crippen LogP contribution in [0.1, 0.15) is 0 Å². The van der Waals surface area contributed by atoms with Crippen molar-refractivity contribution in [1.29, 1.82) is 0 Å². The van der Waals surface area contributed by atoms with E-state index in [-0.39, 0.29) is 5.88 Å². The van der Waals surface area contributed by atoms with Crippen LogP contribution in [0.15, 0.2) is 0 Å². The lowest BCUT2D eigenvalue weighted by molar-refractivity contribution is 0.252. The minimum absolute atomic E-state index is 0.384. The van der Waals surface area contributed by atoms with Crippen molar-refractivity contribution in [3.8, 4) is 0 Å². The van der Waals surface area contributed by atoms with Crippen LogP contribution in [0.3, 0.4) is 0 Å². The van der Waals surface area contributed by atoms with Gasteiger partial charge in [0.2, 0.25) is 5.63 Å². The molecule has 2 unspecified atom stereocenters. The third-order valence-corrected chi connectivity index (χ3v) is 0.989. The van der Waals surface area contributed by atoms with E-state index in [4.69, 9.17) is 11.6 Å². The van der Waals surface area contributed by atoms with Crippen molar-refractivity contribution in [3.05, 3.63) is 0 Å². The predicted molar refractivity (Wildman–Crippen MR) is 26.4 cm³/mol. The van der Waals surface area contributed by atoms with E-state index >= 15 is 0 Å². The fraction of sp³-hybridized carbons (Fsp3) is 1.00. The van der Waals surface area contributed by atoms with E-state index in [0.29, 0.717) is 0 Å². The molecule has 0 saturated heterocycles. The first-order chi connectivity index (χ1) is 3.18. The molecule has 2 atom stereocenters. The van der Waals surface area contributed by atoms with Gasteiger partial charge in [-0.25, -0.2) is 8.78 Å². The Bertz CT molecular complexity index is 48.2. The van der Waals surface area contributed by atoms with Crippen LogP contribution in [0.2, 0.25) is 0 Å². The zero-order valence-corrected chi connectivity index (χ0v) is 4.89. The highest BCUT2D eigenvalue weighted by molar-refractivity contribution is 6.22. The molecule has 44 valence electrons. The average molecular weight is 149 g/mol. The Morgan fingerprint density at radius 2 is 1.86 bits per heavy atom. The van der Waals surface area contributed by atoms with E-state index < -0.39 is 11.8 Å². The van der Waals surface area contributed by atoms with Crippen LogP contribution < -0.4 is 0 Å². The molecule has 0 saturated carbocycles. The van der Waals surface area contributed by atoms with E-state index in [9.17, 15) is 8.78 Å². The van der Waals surface area contributed by atoms with Crippen molar-refractivity contribution in [2.75, 3.05) is 5.88 Å². The third kappa shape index (κ3) is 3.06. The average Bonchev–Trinajstić information content (AvgIpc) is 1.65. The van der Waals surface area contributed by atoms with Crippen LogP contribution in [-0.2, 0) is 0 Å². The van der Waals surface area contributed by atoms with Gasteiger partial charge in [-0.3, -0.25) is 0 Å². The van der Waals surface area contributed by atoms with Gasteiger partial charge in [0.05, 0.1) is 5.88 Å². The first kappa shape index (κ1) is 7.44. The van der Waals surface area contributed by atoms with E-state index in [0.717, 1.165) is 0 Å². The summed E-state index contributed by atoms with van der Waals surface area (Å²) in [7, 11) is 0. The summed E-state index contributed by atoms with van der Waals surface area (Å²) in [5, 5.41) is 0. The molecular formula is C3H4Cl2F2. The van der Waals surface area contributed by atoms with Crippen LogP contribution in [-0.4, -0.2) is 17.7 Å². The first-order valence-corrected chi connectivity index (χ1v) is 2.63. The van der Waals surface area contributed by atoms with Gasteiger partial charge in [0, 0.05) is 0 Å². The SMILES string of the molecule is FC(Cl)C(F)CCl. The molecule has 0 fully saturated rings. The van der Waals surface area contributed by atoms with Crippen molar-refractivity contribution < 1.29 is 8.78 Å². The number of halogens is 4. The molecule has 0 radical (unpaired) electrons. The molecule has 0 aromatic carbocycles. The van der Waals surface area contributed by atoms with Crippen LogP contribution in [0.5, 0.6) is 0 Å². The van der Waals surface area contributed by atoms with Crippen molar-refractivity contribution in [1.82, 2.24) is 0 Å². The van der Waals surface area contributed by atoms with Crippen LogP contribution in [0.4, 0.5) is 8.78 Å². The van der Waals surface area contributed by atoms with Crippen molar-refractivity contribution in [3.63, 3.8) is 0 Å². The molecule has 0 bridgehead atoms. The molecular weight excluding hydrogens is 145 g/mol. The molecule has 0 aromatic rings. The Balaban J connectivity index is 3.14. The number of rotatable bonds is 2. The smallest absolute Gasteiger partial charge is 0.205 e. The molecule has 0 N–H and O–H groups in total. The second-order valence-corrected chi connectivity index (χ2v) is 1.73. The third-order valence-electron chi connectivity index (χ3n) is 0.421. The first-order valence-electron chi connectivity index (χ1n) is 1.66. The topological polar surface area (TPSA) is 0 Å². The maximum absolute atomic E-state index is 11.6. The summed E-state index contributed by atoms with van der Waals surface area (Å²) >= 11 is 9.45. The molecule has 0 rings (SSSR count). The molecule has 0 aliphatic rings. The highest BCUT2D eigenvalue weighted by Crippen LogP contribution is 2.08. The summed E-state index contributed by atoms with van der Waals surface area (Å²) in [6.07, 6.45) is -1.73. The number of hydrogen-bond donors (Lipinski definition) is 0. The summed E-state index contributed by atoms with van der Waals surface area (Å²) in [6.45, 7) is 0. The number of hydrogen-bond acceptors (Lipinski definition) is 0. The highest BCUT2D eigenvalue weighted by atomic mass is 35.5. The zero-order valence-electron chi connectivity index (χ0n) is 3.37. The summed E-state index contributed by atoms with van der Waals surface area (Å²) in [6, 6.07) is 0. The van der Waals surface area contributed by atoms with Crippen molar-refractivity contribution in [2.24, 2.45) is 0 Å². The molecule has 0 amide bonds. The van der Waals surface area contributed by atoms with Gasteiger partial charge >= 0.3 is 0 Å². The fourth-order valence-electron chi connectivity index (χ4n) is 0.0673. The summed E-state index contributed by atoms with van der Waals surface area (Å²) < 4.78 is 23.0. The van der Waals surface area contributed by atoms with Gasteiger partial charge in [-0.1, -0.05) is 11.6 Å². The minimum atomic E-state index is -1.96. The Hall–Kier alpha value is 0.440. The van der Waals surface area contributed by atoms with Gasteiger partial charge < -0.3 is 0 Å². The Labute approximate surface area is 50.4 Å². The second kappa shape index (κ2) is 3.44. The summed E-state index contributed by atoms with van der Waals surface area (Å²) in [5.74, 6) is -0.384. The van der Waals surface area contributed by atoms with Gasteiger partial charge in [0.15, 0.2) is 6.17 Å². The van der Waals surface area contributed by atoms with Crippen LogP contribution in [0.25, 0.3) is 0 Å². The lowest BCUT2D eigenvalue weighted by Gasteiger charge is -1.99. The Morgan fingerprint density at radius 1 is 1.43 bits per heavy atom. The normalized spacial score (nSPS) is 18.9. The molecule has 0 aliphatic carbocycles. The Morgan fingerprint density at radius 3 is 1.86 bits per heavy atom. The minimum Gasteiger partial charge on any atom is -0.242 e. The standard InChI is InChI=1S/C3H4Cl2F2/c4-1-2(6)3(5)7/h2-3H,1H2. The molecule has 0 aliphatic heterocycles. The van der Waals surface area contributed by atoms with Crippen LogP contribution >= 0.6 is 23.2 Å². The fourth-order valence-corrected chi connectivity index (χ4v) is 0.404. The molecule has 0 nitrogen and oxygen atoms in total. The molecule has 0 aromatic heterocycles. The lowest BCUT2D eigenvalue weighted by Crippen LogP contribution is -2.11. The van der Waals surface area contributed by atoms with Gasteiger partial charge in [-0.05, 0) is 0 Å².